The molecular weight excluding hydrogens is 262 g/mol. The number of rotatable bonds is 5. The third kappa shape index (κ3) is 3.62. The minimum Gasteiger partial charge on any atom is -0.497 e. The molecule has 0 unspecified atom stereocenters. The highest BCUT2D eigenvalue weighted by molar-refractivity contribution is 7.80. The molecule has 1 aromatic carbocycles. The minimum absolute atomic E-state index is 0.197. The molecule has 0 bridgehead atoms. The van der Waals surface area contributed by atoms with Crippen molar-refractivity contribution >= 4 is 17.2 Å². The predicted molar refractivity (Wildman–Crippen MR) is 75.2 cm³/mol. The summed E-state index contributed by atoms with van der Waals surface area (Å²) in [5.74, 6) is 1.19. The molecular formula is C13H13N3O2S. The van der Waals surface area contributed by atoms with Crippen molar-refractivity contribution in [1.82, 2.24) is 9.97 Å². The molecule has 0 aliphatic carbocycles. The molecule has 0 radical (unpaired) electrons. The quantitative estimate of drug-likeness (QED) is 0.837. The zero-order valence-corrected chi connectivity index (χ0v) is 11.2. The molecule has 1 heterocycles. The molecule has 0 aliphatic heterocycles. The monoisotopic (exact) mass is 275 g/mol. The Morgan fingerprint density at radius 2 is 2.00 bits per heavy atom. The Hall–Kier alpha value is -2.21. The van der Waals surface area contributed by atoms with Gasteiger partial charge in [0.15, 0.2) is 0 Å². The van der Waals surface area contributed by atoms with Crippen LogP contribution in [0.1, 0.15) is 11.3 Å². The molecule has 0 spiro atoms. The molecule has 2 N–H and O–H groups in total. The number of nitrogens with two attached hydrogens (primary N) is 1. The fraction of sp³-hybridized carbons (Fsp3) is 0.154. The molecule has 1 aromatic heterocycles. The SMILES string of the molecule is COc1ccc(COc2cncc(C(N)=S)n2)cc1. The van der Waals surface area contributed by atoms with Crippen LogP contribution in [0.25, 0.3) is 0 Å². The average molecular weight is 275 g/mol. The Morgan fingerprint density at radius 1 is 1.26 bits per heavy atom. The van der Waals surface area contributed by atoms with Gasteiger partial charge in [-0.05, 0) is 17.7 Å². The average Bonchev–Trinajstić information content (AvgIpc) is 2.46. The van der Waals surface area contributed by atoms with Crippen molar-refractivity contribution in [3.05, 3.63) is 47.9 Å². The first-order valence-electron chi connectivity index (χ1n) is 5.56. The van der Waals surface area contributed by atoms with Crippen LogP contribution in [0.5, 0.6) is 11.6 Å². The molecule has 0 aliphatic rings. The lowest BCUT2D eigenvalue weighted by Gasteiger charge is -2.06. The molecule has 98 valence electrons. The summed E-state index contributed by atoms with van der Waals surface area (Å²) >= 11 is 4.83. The van der Waals surface area contributed by atoms with E-state index in [4.69, 9.17) is 27.4 Å². The highest BCUT2D eigenvalue weighted by Gasteiger charge is 2.03. The van der Waals surface area contributed by atoms with Crippen LogP contribution < -0.4 is 15.2 Å². The molecule has 0 fully saturated rings. The Bertz CT molecular complexity index is 572. The van der Waals surface area contributed by atoms with Crippen LogP contribution in [0.3, 0.4) is 0 Å². The van der Waals surface area contributed by atoms with E-state index in [1.165, 1.54) is 12.4 Å². The fourth-order valence-electron chi connectivity index (χ4n) is 1.42. The zero-order chi connectivity index (χ0) is 13.7. The van der Waals surface area contributed by atoms with E-state index in [1.807, 2.05) is 24.3 Å². The van der Waals surface area contributed by atoms with E-state index in [0.29, 0.717) is 18.2 Å². The van der Waals surface area contributed by atoms with Gasteiger partial charge in [-0.1, -0.05) is 24.4 Å². The minimum atomic E-state index is 0.197. The number of hydrogen-bond acceptors (Lipinski definition) is 5. The first kappa shape index (κ1) is 13.2. The van der Waals surface area contributed by atoms with Crippen molar-refractivity contribution in [1.29, 1.82) is 0 Å². The second-order valence-corrected chi connectivity index (χ2v) is 4.18. The molecule has 2 rings (SSSR count). The van der Waals surface area contributed by atoms with Crippen LogP contribution in [-0.4, -0.2) is 22.1 Å². The number of hydrogen-bond donors (Lipinski definition) is 1. The van der Waals surface area contributed by atoms with Crippen LogP contribution in [0.15, 0.2) is 36.7 Å². The number of benzene rings is 1. The summed E-state index contributed by atoms with van der Waals surface area (Å²) in [4.78, 5) is 8.31. The van der Waals surface area contributed by atoms with Crippen molar-refractivity contribution in [3.63, 3.8) is 0 Å². The van der Waals surface area contributed by atoms with Crippen molar-refractivity contribution in [2.75, 3.05) is 7.11 Å². The lowest BCUT2D eigenvalue weighted by Crippen LogP contribution is -2.12. The van der Waals surface area contributed by atoms with E-state index in [0.717, 1.165) is 11.3 Å². The fourth-order valence-corrected chi connectivity index (χ4v) is 1.51. The number of aromatic nitrogens is 2. The topological polar surface area (TPSA) is 70.3 Å². The third-order valence-corrected chi connectivity index (χ3v) is 2.62. The Balaban J connectivity index is 2.01. The van der Waals surface area contributed by atoms with Gasteiger partial charge >= 0.3 is 0 Å². The van der Waals surface area contributed by atoms with E-state index < -0.39 is 0 Å². The Labute approximate surface area is 116 Å². The van der Waals surface area contributed by atoms with E-state index >= 15 is 0 Å². The molecule has 19 heavy (non-hydrogen) atoms. The number of thiocarbonyl (C=S) groups is 1. The Morgan fingerprint density at radius 3 is 2.63 bits per heavy atom. The van der Waals surface area contributed by atoms with E-state index in [1.54, 1.807) is 7.11 Å². The summed E-state index contributed by atoms with van der Waals surface area (Å²) in [6, 6.07) is 7.58. The molecule has 0 saturated carbocycles. The van der Waals surface area contributed by atoms with Gasteiger partial charge in [0.05, 0.1) is 19.5 Å². The summed E-state index contributed by atoms with van der Waals surface area (Å²) in [6.45, 7) is 0.388. The number of methoxy groups -OCH3 is 1. The van der Waals surface area contributed by atoms with Crippen LogP contribution in [0.2, 0.25) is 0 Å². The predicted octanol–water partition coefficient (Wildman–Crippen LogP) is 1.70. The first-order chi connectivity index (χ1) is 9.19. The van der Waals surface area contributed by atoms with E-state index in [-0.39, 0.29) is 4.99 Å². The van der Waals surface area contributed by atoms with Gasteiger partial charge in [0.1, 0.15) is 23.0 Å². The van der Waals surface area contributed by atoms with Gasteiger partial charge < -0.3 is 15.2 Å². The van der Waals surface area contributed by atoms with Gasteiger partial charge in [0, 0.05) is 0 Å². The summed E-state index contributed by atoms with van der Waals surface area (Å²) in [6.07, 6.45) is 3.02. The highest BCUT2D eigenvalue weighted by atomic mass is 32.1. The maximum Gasteiger partial charge on any atom is 0.233 e. The molecule has 2 aromatic rings. The first-order valence-corrected chi connectivity index (χ1v) is 5.97. The van der Waals surface area contributed by atoms with Crippen molar-refractivity contribution in [3.8, 4) is 11.6 Å². The molecule has 5 nitrogen and oxygen atoms in total. The van der Waals surface area contributed by atoms with Gasteiger partial charge in [0.25, 0.3) is 0 Å². The van der Waals surface area contributed by atoms with Gasteiger partial charge in [0.2, 0.25) is 5.88 Å². The number of nitrogens with zero attached hydrogens (tertiary/aromatic N) is 2. The normalized spacial score (nSPS) is 9.95. The highest BCUT2D eigenvalue weighted by Crippen LogP contribution is 2.13. The molecule has 6 heteroatoms. The van der Waals surface area contributed by atoms with Gasteiger partial charge in [-0.3, -0.25) is 4.98 Å². The standard InChI is InChI=1S/C13H13N3O2S/c1-17-10-4-2-9(3-5-10)8-18-12-7-15-6-11(16-12)13(14)19/h2-7H,8H2,1H3,(H2,14,19). The van der Waals surface area contributed by atoms with Gasteiger partial charge in [-0.2, -0.15) is 0 Å². The lowest BCUT2D eigenvalue weighted by molar-refractivity contribution is 0.292. The van der Waals surface area contributed by atoms with Crippen LogP contribution in [0, 0.1) is 0 Å². The Kier molecular flexibility index (Phi) is 4.25. The maximum atomic E-state index is 5.53. The zero-order valence-electron chi connectivity index (χ0n) is 10.4. The van der Waals surface area contributed by atoms with E-state index in [9.17, 15) is 0 Å². The van der Waals surface area contributed by atoms with Crippen LogP contribution >= 0.6 is 12.2 Å². The maximum absolute atomic E-state index is 5.53. The second kappa shape index (κ2) is 6.10. The van der Waals surface area contributed by atoms with E-state index in [2.05, 4.69) is 9.97 Å². The van der Waals surface area contributed by atoms with Gasteiger partial charge in [-0.25, -0.2) is 4.98 Å². The van der Waals surface area contributed by atoms with Crippen molar-refractivity contribution in [2.24, 2.45) is 5.73 Å². The largest absolute Gasteiger partial charge is 0.497 e. The third-order valence-electron chi connectivity index (χ3n) is 2.41. The summed E-state index contributed by atoms with van der Waals surface area (Å²) in [5, 5.41) is 0. The number of ether oxygens (including phenoxy) is 2. The summed E-state index contributed by atoms with van der Waals surface area (Å²) in [5.41, 5.74) is 6.93. The summed E-state index contributed by atoms with van der Waals surface area (Å²) in [7, 11) is 1.63. The lowest BCUT2D eigenvalue weighted by atomic mass is 10.2. The van der Waals surface area contributed by atoms with Crippen LogP contribution in [0.4, 0.5) is 0 Å². The summed E-state index contributed by atoms with van der Waals surface area (Å²) < 4.78 is 10.6. The smallest absolute Gasteiger partial charge is 0.233 e. The molecule has 0 amide bonds. The van der Waals surface area contributed by atoms with Crippen LogP contribution in [-0.2, 0) is 6.61 Å². The van der Waals surface area contributed by atoms with Crippen molar-refractivity contribution < 1.29 is 9.47 Å². The second-order valence-electron chi connectivity index (χ2n) is 3.74. The van der Waals surface area contributed by atoms with Gasteiger partial charge in [-0.15, -0.1) is 0 Å². The molecule has 0 atom stereocenters. The molecule has 0 saturated heterocycles. The van der Waals surface area contributed by atoms with Crippen molar-refractivity contribution in [2.45, 2.75) is 6.61 Å².